The molecule has 20 heavy (non-hydrogen) atoms. The zero-order chi connectivity index (χ0) is 14.9. The summed E-state index contributed by atoms with van der Waals surface area (Å²) in [6, 6.07) is 3.10. The minimum Gasteiger partial charge on any atom is -0.352 e. The molecule has 2 rings (SSSR count). The van der Waals surface area contributed by atoms with E-state index in [1.54, 1.807) is 19.9 Å². The van der Waals surface area contributed by atoms with E-state index < -0.39 is 11.4 Å². The van der Waals surface area contributed by atoms with Gasteiger partial charge in [0.05, 0.1) is 5.02 Å². The van der Waals surface area contributed by atoms with Crippen molar-refractivity contribution in [3.8, 4) is 0 Å². The molecule has 4 N–H and O–H groups in total. The normalized spacial score (nSPS) is 17.6. The third-order valence-electron chi connectivity index (χ3n) is 3.29. The predicted octanol–water partition coefficient (Wildman–Crippen LogP) is 0.371. The number of nitrogens with two attached hydrogens (primary N) is 1. The number of nitrogens with one attached hydrogen (secondary N) is 2. The fraction of sp³-hybridized carbons (Fsp3) is 0.417. The highest BCUT2D eigenvalue weighted by Crippen LogP contribution is 2.24. The molecule has 0 spiro atoms. The lowest BCUT2D eigenvalue weighted by molar-refractivity contribution is -0.133. The molecule has 2 heterocycles. The maximum Gasteiger partial charge on any atom is 0.275 e. The van der Waals surface area contributed by atoms with Crippen LogP contribution in [0.5, 0.6) is 0 Å². The molecule has 1 saturated heterocycles. The van der Waals surface area contributed by atoms with E-state index in [0.29, 0.717) is 18.9 Å². The first kappa shape index (κ1) is 14.5. The largest absolute Gasteiger partial charge is 0.352 e. The van der Waals surface area contributed by atoms with Gasteiger partial charge in [0, 0.05) is 13.1 Å². The topological polar surface area (TPSA) is 100 Å². The lowest BCUT2D eigenvalue weighted by Crippen LogP contribution is -2.63. The standard InChI is InChI=1S/C12H16ClN5O2/c1-12(2)11(20)15-5-6-18(12)10(19)9-7(13)3-4-8(16-9)17-14/h3-4H,5-6,14H2,1-2H3,(H,15,20)(H,16,17). The molecule has 1 aromatic rings. The highest BCUT2D eigenvalue weighted by Gasteiger charge is 2.41. The summed E-state index contributed by atoms with van der Waals surface area (Å²) in [5, 5.41) is 2.95. The zero-order valence-electron chi connectivity index (χ0n) is 11.2. The first-order valence-corrected chi connectivity index (χ1v) is 6.49. The number of anilines is 1. The Morgan fingerprint density at radius 3 is 2.90 bits per heavy atom. The molecule has 0 aromatic carbocycles. The van der Waals surface area contributed by atoms with Gasteiger partial charge in [-0.25, -0.2) is 10.8 Å². The van der Waals surface area contributed by atoms with Crippen molar-refractivity contribution >= 4 is 29.2 Å². The third-order valence-corrected chi connectivity index (χ3v) is 3.60. The second-order valence-electron chi connectivity index (χ2n) is 4.94. The van der Waals surface area contributed by atoms with Crippen molar-refractivity contribution in [1.82, 2.24) is 15.2 Å². The van der Waals surface area contributed by atoms with Crippen LogP contribution in [0.15, 0.2) is 12.1 Å². The Bertz CT molecular complexity index is 561. The van der Waals surface area contributed by atoms with E-state index in [-0.39, 0.29) is 16.6 Å². The Hall–Kier alpha value is -1.86. The number of carbonyl (C=O) groups is 2. The molecular weight excluding hydrogens is 282 g/mol. The van der Waals surface area contributed by atoms with Crippen molar-refractivity contribution < 1.29 is 9.59 Å². The predicted molar refractivity (Wildman–Crippen MR) is 75.2 cm³/mol. The van der Waals surface area contributed by atoms with Gasteiger partial charge in [0.25, 0.3) is 5.91 Å². The van der Waals surface area contributed by atoms with Crippen molar-refractivity contribution in [2.75, 3.05) is 18.5 Å². The lowest BCUT2D eigenvalue weighted by Gasteiger charge is -2.41. The molecule has 108 valence electrons. The Morgan fingerprint density at radius 2 is 2.25 bits per heavy atom. The van der Waals surface area contributed by atoms with Gasteiger partial charge >= 0.3 is 0 Å². The average Bonchev–Trinajstić information content (AvgIpc) is 2.41. The second-order valence-corrected chi connectivity index (χ2v) is 5.35. The molecular formula is C12H16ClN5O2. The SMILES string of the molecule is CC1(C)C(=O)NCCN1C(=O)c1nc(NN)ccc1Cl. The summed E-state index contributed by atoms with van der Waals surface area (Å²) < 4.78 is 0. The summed E-state index contributed by atoms with van der Waals surface area (Å²) in [5.41, 5.74) is 1.48. The average molecular weight is 298 g/mol. The summed E-state index contributed by atoms with van der Waals surface area (Å²) in [7, 11) is 0. The van der Waals surface area contributed by atoms with Crippen molar-refractivity contribution in [2.45, 2.75) is 19.4 Å². The number of hydrazine groups is 1. The highest BCUT2D eigenvalue weighted by atomic mass is 35.5. The van der Waals surface area contributed by atoms with Crippen LogP contribution >= 0.6 is 11.6 Å². The molecule has 0 saturated carbocycles. The molecule has 1 fully saturated rings. The Balaban J connectivity index is 2.38. The van der Waals surface area contributed by atoms with Crippen molar-refractivity contribution in [1.29, 1.82) is 0 Å². The van der Waals surface area contributed by atoms with Crippen LogP contribution in [0.1, 0.15) is 24.3 Å². The first-order chi connectivity index (χ1) is 9.37. The van der Waals surface area contributed by atoms with Gasteiger partial charge in [-0.2, -0.15) is 0 Å². The quantitative estimate of drug-likeness (QED) is 0.541. The first-order valence-electron chi connectivity index (χ1n) is 6.11. The number of carbonyl (C=O) groups excluding carboxylic acids is 2. The van der Waals surface area contributed by atoms with Gasteiger partial charge in [-0.3, -0.25) is 9.59 Å². The van der Waals surface area contributed by atoms with Crippen LogP contribution in [0.3, 0.4) is 0 Å². The maximum atomic E-state index is 12.6. The number of amides is 2. The van der Waals surface area contributed by atoms with Crippen molar-refractivity contribution in [3.05, 3.63) is 22.8 Å². The van der Waals surface area contributed by atoms with E-state index in [1.165, 1.54) is 11.0 Å². The summed E-state index contributed by atoms with van der Waals surface area (Å²) in [5.74, 6) is 5.01. The summed E-state index contributed by atoms with van der Waals surface area (Å²) in [4.78, 5) is 30.0. The fourth-order valence-electron chi connectivity index (χ4n) is 2.06. The minimum atomic E-state index is -0.952. The van der Waals surface area contributed by atoms with E-state index in [4.69, 9.17) is 17.4 Å². The molecule has 8 heteroatoms. The highest BCUT2D eigenvalue weighted by molar-refractivity contribution is 6.33. The van der Waals surface area contributed by atoms with E-state index in [1.807, 2.05) is 0 Å². The van der Waals surface area contributed by atoms with E-state index in [2.05, 4.69) is 15.7 Å². The summed E-state index contributed by atoms with van der Waals surface area (Å²) in [6.07, 6.45) is 0. The van der Waals surface area contributed by atoms with Crippen molar-refractivity contribution in [3.63, 3.8) is 0 Å². The number of pyridine rings is 1. The number of piperazine rings is 1. The number of nitrogen functional groups attached to an aromatic ring is 1. The summed E-state index contributed by atoms with van der Waals surface area (Å²) in [6.45, 7) is 4.16. The number of hydrogen-bond donors (Lipinski definition) is 3. The molecule has 0 bridgehead atoms. The van der Waals surface area contributed by atoms with E-state index in [0.717, 1.165) is 0 Å². The van der Waals surface area contributed by atoms with Crippen LogP contribution in [0, 0.1) is 0 Å². The van der Waals surface area contributed by atoms with Gasteiger partial charge in [-0.05, 0) is 26.0 Å². The van der Waals surface area contributed by atoms with Crippen LogP contribution in [-0.4, -0.2) is 40.3 Å². The van der Waals surface area contributed by atoms with Crippen LogP contribution < -0.4 is 16.6 Å². The fourth-order valence-corrected chi connectivity index (χ4v) is 2.24. The molecule has 2 amide bonds. The van der Waals surface area contributed by atoms with Gasteiger partial charge in [0.15, 0.2) is 0 Å². The van der Waals surface area contributed by atoms with Crippen LogP contribution in [0.25, 0.3) is 0 Å². The Labute approximate surface area is 121 Å². The molecule has 1 aromatic heterocycles. The molecule has 0 atom stereocenters. The molecule has 0 radical (unpaired) electrons. The zero-order valence-corrected chi connectivity index (χ0v) is 12.0. The van der Waals surface area contributed by atoms with E-state index >= 15 is 0 Å². The van der Waals surface area contributed by atoms with Crippen molar-refractivity contribution in [2.24, 2.45) is 5.84 Å². The van der Waals surface area contributed by atoms with Gasteiger partial charge in [0.1, 0.15) is 17.1 Å². The number of rotatable bonds is 2. The number of hydrogen-bond acceptors (Lipinski definition) is 5. The number of aromatic nitrogens is 1. The lowest BCUT2D eigenvalue weighted by atomic mass is 9.98. The molecule has 1 aliphatic heterocycles. The molecule has 0 aliphatic carbocycles. The summed E-state index contributed by atoms with van der Waals surface area (Å²) >= 11 is 6.02. The van der Waals surface area contributed by atoms with Gasteiger partial charge < -0.3 is 15.6 Å². The van der Waals surface area contributed by atoms with E-state index in [9.17, 15) is 9.59 Å². The molecule has 0 unspecified atom stereocenters. The number of halogens is 1. The van der Waals surface area contributed by atoms with Crippen LogP contribution in [0.4, 0.5) is 5.82 Å². The van der Waals surface area contributed by atoms with Gasteiger partial charge in [-0.15, -0.1) is 0 Å². The molecule has 1 aliphatic rings. The molecule has 7 nitrogen and oxygen atoms in total. The number of nitrogens with zero attached hydrogens (tertiary/aromatic N) is 2. The van der Waals surface area contributed by atoms with Crippen LogP contribution in [0.2, 0.25) is 5.02 Å². The minimum absolute atomic E-state index is 0.0740. The van der Waals surface area contributed by atoms with Gasteiger partial charge in [0.2, 0.25) is 5.91 Å². The third kappa shape index (κ3) is 2.41. The van der Waals surface area contributed by atoms with Crippen LogP contribution in [-0.2, 0) is 4.79 Å². The maximum absolute atomic E-state index is 12.6. The monoisotopic (exact) mass is 297 g/mol. The Kier molecular flexibility index (Phi) is 3.82. The van der Waals surface area contributed by atoms with Gasteiger partial charge in [-0.1, -0.05) is 11.6 Å². The Morgan fingerprint density at radius 1 is 1.55 bits per heavy atom. The smallest absolute Gasteiger partial charge is 0.275 e. The second kappa shape index (κ2) is 5.26.